The summed E-state index contributed by atoms with van der Waals surface area (Å²) < 4.78 is 1.86. The maximum absolute atomic E-state index is 4.52. The van der Waals surface area contributed by atoms with Crippen molar-refractivity contribution in [2.45, 2.75) is 13.5 Å². The fourth-order valence-corrected chi connectivity index (χ4v) is 2.62. The summed E-state index contributed by atoms with van der Waals surface area (Å²) in [4.78, 5) is 4.05. The lowest BCUT2D eigenvalue weighted by Crippen LogP contribution is -1.99. The number of hydrogen-bond donors (Lipinski definition) is 1. The largest absolute Gasteiger partial charge is 0.371 e. The zero-order valence-corrected chi connectivity index (χ0v) is 11.2. The Morgan fingerprint density at radius 3 is 3.06 bits per heavy atom. The van der Waals surface area contributed by atoms with Crippen LogP contribution in [0.1, 0.15) is 11.1 Å². The van der Waals surface area contributed by atoms with Gasteiger partial charge in [0.15, 0.2) is 0 Å². The Kier molecular flexibility index (Phi) is 2.76. The molecule has 3 rings (SSSR count). The molecule has 0 amide bonds. The Hall–Kier alpha value is -1.88. The van der Waals surface area contributed by atoms with Crippen LogP contribution in [0.25, 0.3) is 10.9 Å². The van der Waals surface area contributed by atoms with Crippen molar-refractivity contribution in [2.75, 3.05) is 5.32 Å². The van der Waals surface area contributed by atoms with E-state index in [1.165, 1.54) is 16.5 Å². The molecule has 92 valence electrons. The van der Waals surface area contributed by atoms with E-state index in [0.717, 1.165) is 17.1 Å². The molecule has 0 radical (unpaired) electrons. The third kappa shape index (κ3) is 2.09. The summed E-state index contributed by atoms with van der Waals surface area (Å²) in [6, 6.07) is 4.35. The molecule has 4 nitrogen and oxygen atoms in total. The molecule has 18 heavy (non-hydrogen) atoms. The number of anilines is 1. The molecule has 0 bridgehead atoms. The molecule has 0 unspecified atom stereocenters. The Morgan fingerprint density at radius 1 is 1.39 bits per heavy atom. The van der Waals surface area contributed by atoms with Crippen molar-refractivity contribution in [1.29, 1.82) is 0 Å². The van der Waals surface area contributed by atoms with Crippen LogP contribution in [0.15, 0.2) is 30.0 Å². The minimum Gasteiger partial charge on any atom is -0.371 e. The second-order valence-corrected chi connectivity index (χ2v) is 5.27. The van der Waals surface area contributed by atoms with Crippen LogP contribution in [0.4, 0.5) is 5.00 Å². The van der Waals surface area contributed by atoms with E-state index in [0.29, 0.717) is 0 Å². The van der Waals surface area contributed by atoms with Crippen molar-refractivity contribution >= 4 is 27.2 Å². The van der Waals surface area contributed by atoms with E-state index in [9.17, 15) is 0 Å². The van der Waals surface area contributed by atoms with Gasteiger partial charge in [0.05, 0.1) is 17.2 Å². The summed E-state index contributed by atoms with van der Waals surface area (Å²) in [6.07, 6.45) is 3.90. The first-order chi connectivity index (χ1) is 8.72. The van der Waals surface area contributed by atoms with E-state index in [4.69, 9.17) is 0 Å². The van der Waals surface area contributed by atoms with Gasteiger partial charge < -0.3 is 5.32 Å². The van der Waals surface area contributed by atoms with Gasteiger partial charge in [-0.05, 0) is 24.1 Å². The molecule has 0 fully saturated rings. The molecule has 5 heteroatoms. The fourth-order valence-electron chi connectivity index (χ4n) is 2.11. The first-order valence-corrected chi connectivity index (χ1v) is 6.65. The standard InChI is InChI=1S/C13H14N4S/c1-9-3-10(5-15-12-6-14-8-18-12)13-11(4-9)7-17(2)16-13/h3-4,6-8,15H,5H2,1-2H3. The lowest BCUT2D eigenvalue weighted by Gasteiger charge is -2.05. The number of aryl methyl sites for hydroxylation is 2. The quantitative estimate of drug-likeness (QED) is 0.785. The minimum absolute atomic E-state index is 0.775. The molecule has 1 aromatic carbocycles. The molecule has 0 aliphatic rings. The molecule has 0 spiro atoms. The molecular formula is C13H14N4S. The van der Waals surface area contributed by atoms with E-state index >= 15 is 0 Å². The Bertz CT molecular complexity index is 670. The molecule has 0 saturated heterocycles. The van der Waals surface area contributed by atoms with Crippen molar-refractivity contribution in [1.82, 2.24) is 14.8 Å². The second-order valence-electron chi connectivity index (χ2n) is 4.38. The van der Waals surface area contributed by atoms with E-state index in [2.05, 4.69) is 40.7 Å². The van der Waals surface area contributed by atoms with Crippen LogP contribution in [0.5, 0.6) is 0 Å². The molecule has 3 aromatic rings. The lowest BCUT2D eigenvalue weighted by atomic mass is 10.1. The van der Waals surface area contributed by atoms with Crippen molar-refractivity contribution in [3.8, 4) is 0 Å². The normalized spacial score (nSPS) is 11.0. The van der Waals surface area contributed by atoms with E-state index in [-0.39, 0.29) is 0 Å². The maximum Gasteiger partial charge on any atom is 0.109 e. The third-order valence-corrected chi connectivity index (χ3v) is 3.56. The van der Waals surface area contributed by atoms with Crippen LogP contribution in [-0.2, 0) is 13.6 Å². The summed E-state index contributed by atoms with van der Waals surface area (Å²) in [5.41, 5.74) is 5.38. The maximum atomic E-state index is 4.52. The highest BCUT2D eigenvalue weighted by Crippen LogP contribution is 2.21. The zero-order valence-electron chi connectivity index (χ0n) is 10.3. The van der Waals surface area contributed by atoms with Gasteiger partial charge in [0.1, 0.15) is 5.00 Å². The Morgan fingerprint density at radius 2 is 2.28 bits per heavy atom. The van der Waals surface area contributed by atoms with Gasteiger partial charge >= 0.3 is 0 Å². The van der Waals surface area contributed by atoms with E-state index in [1.54, 1.807) is 11.3 Å². The minimum atomic E-state index is 0.775. The van der Waals surface area contributed by atoms with Crippen molar-refractivity contribution < 1.29 is 0 Å². The molecule has 0 saturated carbocycles. The molecule has 2 aromatic heterocycles. The molecule has 1 N–H and O–H groups in total. The fraction of sp³-hybridized carbons (Fsp3) is 0.231. The van der Waals surface area contributed by atoms with Crippen molar-refractivity contribution in [3.63, 3.8) is 0 Å². The smallest absolute Gasteiger partial charge is 0.109 e. The van der Waals surface area contributed by atoms with Gasteiger partial charge in [-0.1, -0.05) is 6.07 Å². The third-order valence-electron chi connectivity index (χ3n) is 2.83. The number of hydrogen-bond acceptors (Lipinski definition) is 4. The van der Waals surface area contributed by atoms with Gasteiger partial charge in [0, 0.05) is 25.2 Å². The molecule has 0 aliphatic carbocycles. The van der Waals surface area contributed by atoms with Gasteiger partial charge in [0.25, 0.3) is 0 Å². The van der Waals surface area contributed by atoms with E-state index < -0.39 is 0 Å². The summed E-state index contributed by atoms with van der Waals surface area (Å²) in [7, 11) is 1.95. The summed E-state index contributed by atoms with van der Waals surface area (Å²) in [5, 5.41) is 10.2. The zero-order chi connectivity index (χ0) is 12.5. The average Bonchev–Trinajstić information content (AvgIpc) is 2.93. The number of aromatic nitrogens is 3. The van der Waals surface area contributed by atoms with Crippen molar-refractivity contribution in [3.05, 3.63) is 41.2 Å². The first kappa shape index (κ1) is 11.2. The highest BCUT2D eigenvalue weighted by Gasteiger charge is 2.06. The SMILES string of the molecule is Cc1cc(CNc2cncs2)c2nn(C)cc2c1. The monoisotopic (exact) mass is 258 g/mol. The average molecular weight is 258 g/mol. The molecule has 0 atom stereocenters. The molecule has 0 aliphatic heterocycles. The van der Waals surface area contributed by atoms with Crippen LogP contribution in [0.3, 0.4) is 0 Å². The number of thiazole rings is 1. The predicted octanol–water partition coefficient (Wildman–Crippen LogP) is 2.95. The summed E-state index contributed by atoms with van der Waals surface area (Å²) in [5.74, 6) is 0. The summed E-state index contributed by atoms with van der Waals surface area (Å²) in [6.45, 7) is 2.89. The number of rotatable bonds is 3. The highest BCUT2D eigenvalue weighted by atomic mass is 32.1. The molecular weight excluding hydrogens is 244 g/mol. The number of fused-ring (bicyclic) bond motifs is 1. The number of nitrogens with one attached hydrogen (secondary N) is 1. The van der Waals surface area contributed by atoms with E-state index in [1.807, 2.05) is 23.4 Å². The first-order valence-electron chi connectivity index (χ1n) is 5.77. The summed E-state index contributed by atoms with van der Waals surface area (Å²) >= 11 is 1.61. The number of nitrogens with zero attached hydrogens (tertiary/aromatic N) is 3. The van der Waals surface area contributed by atoms with Crippen LogP contribution in [0.2, 0.25) is 0 Å². The Labute approximate surface area is 109 Å². The van der Waals surface area contributed by atoms with Crippen LogP contribution >= 0.6 is 11.3 Å². The van der Waals surface area contributed by atoms with Gasteiger partial charge in [0.2, 0.25) is 0 Å². The molecule has 2 heterocycles. The van der Waals surface area contributed by atoms with Gasteiger partial charge in [-0.25, -0.2) is 0 Å². The Balaban J connectivity index is 1.95. The van der Waals surface area contributed by atoms with Gasteiger partial charge in [-0.15, -0.1) is 11.3 Å². The van der Waals surface area contributed by atoms with Gasteiger partial charge in [-0.2, -0.15) is 5.10 Å². The second kappa shape index (κ2) is 4.42. The highest BCUT2D eigenvalue weighted by molar-refractivity contribution is 7.13. The van der Waals surface area contributed by atoms with Crippen LogP contribution < -0.4 is 5.32 Å². The number of benzene rings is 1. The predicted molar refractivity (Wildman–Crippen MR) is 74.9 cm³/mol. The van der Waals surface area contributed by atoms with Crippen molar-refractivity contribution in [2.24, 2.45) is 7.05 Å². The van der Waals surface area contributed by atoms with Crippen LogP contribution in [-0.4, -0.2) is 14.8 Å². The topological polar surface area (TPSA) is 42.7 Å². The lowest BCUT2D eigenvalue weighted by molar-refractivity contribution is 0.778. The van der Waals surface area contributed by atoms with Gasteiger partial charge in [-0.3, -0.25) is 9.67 Å². The van der Waals surface area contributed by atoms with Crippen LogP contribution in [0, 0.1) is 6.92 Å².